The molecule has 0 spiro atoms. The van der Waals surface area contributed by atoms with Gasteiger partial charge >= 0.3 is 0 Å². The lowest BCUT2D eigenvalue weighted by atomic mass is 10.2. The third-order valence-electron chi connectivity index (χ3n) is 2.86. The minimum absolute atomic E-state index is 0.381. The molecule has 1 aromatic carbocycles. The third-order valence-corrected chi connectivity index (χ3v) is 2.86. The summed E-state index contributed by atoms with van der Waals surface area (Å²) in [4.78, 5) is 10.6. The van der Waals surface area contributed by atoms with Gasteiger partial charge in [0.15, 0.2) is 5.82 Å². The molecule has 0 unspecified atom stereocenters. The van der Waals surface area contributed by atoms with Gasteiger partial charge in [-0.25, -0.2) is 4.98 Å². The van der Waals surface area contributed by atoms with E-state index in [1.807, 2.05) is 30.1 Å². The molecule has 0 saturated carbocycles. The van der Waals surface area contributed by atoms with Gasteiger partial charge in [0.2, 0.25) is 0 Å². The standard InChI is InChI=1S/C14H18N4O/c1-18(14-13(9-15)16-6-7-17-14)10-11-4-3-5-12(8-11)19-2/h3-8H,9-10,15H2,1-2H3. The molecule has 0 aliphatic carbocycles. The lowest BCUT2D eigenvalue weighted by Crippen LogP contribution is -2.21. The van der Waals surface area contributed by atoms with Gasteiger partial charge < -0.3 is 15.4 Å². The van der Waals surface area contributed by atoms with Gasteiger partial charge in [0.05, 0.1) is 12.8 Å². The summed E-state index contributed by atoms with van der Waals surface area (Å²) in [6, 6.07) is 7.96. The zero-order valence-corrected chi connectivity index (χ0v) is 11.2. The number of aromatic nitrogens is 2. The van der Waals surface area contributed by atoms with E-state index in [-0.39, 0.29) is 0 Å². The van der Waals surface area contributed by atoms with Crippen molar-refractivity contribution < 1.29 is 4.74 Å². The van der Waals surface area contributed by atoms with Crippen molar-refractivity contribution in [3.05, 3.63) is 47.9 Å². The van der Waals surface area contributed by atoms with E-state index in [0.717, 1.165) is 29.4 Å². The van der Waals surface area contributed by atoms with Crippen LogP contribution in [0.3, 0.4) is 0 Å². The topological polar surface area (TPSA) is 64.3 Å². The summed E-state index contributed by atoms with van der Waals surface area (Å²) in [6.45, 7) is 1.11. The summed E-state index contributed by atoms with van der Waals surface area (Å²) in [5.41, 5.74) is 7.63. The molecule has 100 valence electrons. The molecular formula is C14H18N4O. The Labute approximate surface area is 113 Å². The van der Waals surface area contributed by atoms with Gasteiger partial charge in [-0.2, -0.15) is 0 Å². The Morgan fingerprint density at radius 2 is 2.05 bits per heavy atom. The van der Waals surface area contributed by atoms with Crippen molar-refractivity contribution in [1.29, 1.82) is 0 Å². The van der Waals surface area contributed by atoms with Crippen LogP contribution < -0.4 is 15.4 Å². The third kappa shape index (κ3) is 3.20. The summed E-state index contributed by atoms with van der Waals surface area (Å²) >= 11 is 0. The number of nitrogens with zero attached hydrogens (tertiary/aromatic N) is 3. The van der Waals surface area contributed by atoms with Crippen molar-refractivity contribution >= 4 is 5.82 Å². The second-order valence-electron chi connectivity index (χ2n) is 4.24. The molecule has 0 aliphatic rings. The van der Waals surface area contributed by atoms with E-state index in [2.05, 4.69) is 16.0 Å². The molecule has 5 heteroatoms. The molecule has 0 fully saturated rings. The highest BCUT2D eigenvalue weighted by molar-refractivity contribution is 5.43. The average Bonchev–Trinajstić information content (AvgIpc) is 2.47. The quantitative estimate of drug-likeness (QED) is 0.882. The highest BCUT2D eigenvalue weighted by Crippen LogP contribution is 2.18. The SMILES string of the molecule is COc1cccc(CN(C)c2nccnc2CN)c1. The Kier molecular flexibility index (Phi) is 4.30. The number of rotatable bonds is 5. The number of anilines is 1. The Morgan fingerprint density at radius 3 is 2.79 bits per heavy atom. The van der Waals surface area contributed by atoms with Crippen LogP contribution in [0, 0.1) is 0 Å². The Bertz CT molecular complexity index is 544. The zero-order valence-electron chi connectivity index (χ0n) is 11.2. The summed E-state index contributed by atoms with van der Waals surface area (Å²) in [5.74, 6) is 1.66. The van der Waals surface area contributed by atoms with Gasteiger partial charge in [0.25, 0.3) is 0 Å². The number of ether oxygens (including phenoxy) is 1. The normalized spacial score (nSPS) is 10.3. The average molecular weight is 258 g/mol. The maximum Gasteiger partial charge on any atom is 0.151 e. The molecule has 2 N–H and O–H groups in total. The van der Waals surface area contributed by atoms with Crippen LogP contribution >= 0.6 is 0 Å². The lowest BCUT2D eigenvalue weighted by molar-refractivity contribution is 0.414. The van der Waals surface area contributed by atoms with Gasteiger partial charge in [-0.15, -0.1) is 0 Å². The van der Waals surface area contributed by atoms with E-state index in [0.29, 0.717) is 6.54 Å². The molecule has 5 nitrogen and oxygen atoms in total. The molecule has 2 aromatic rings. The summed E-state index contributed by atoms with van der Waals surface area (Å²) in [5, 5.41) is 0. The highest BCUT2D eigenvalue weighted by Gasteiger charge is 2.09. The van der Waals surface area contributed by atoms with Crippen molar-refractivity contribution in [2.75, 3.05) is 19.1 Å². The van der Waals surface area contributed by atoms with E-state index in [1.54, 1.807) is 19.5 Å². The van der Waals surface area contributed by atoms with Crippen LogP contribution in [-0.4, -0.2) is 24.1 Å². The van der Waals surface area contributed by atoms with Crippen molar-refractivity contribution in [3.63, 3.8) is 0 Å². The predicted molar refractivity (Wildman–Crippen MR) is 75.0 cm³/mol. The first-order chi connectivity index (χ1) is 9.24. The van der Waals surface area contributed by atoms with Crippen LogP contribution in [0.1, 0.15) is 11.3 Å². The first kappa shape index (κ1) is 13.3. The van der Waals surface area contributed by atoms with Crippen LogP contribution in [0.4, 0.5) is 5.82 Å². The van der Waals surface area contributed by atoms with Gasteiger partial charge in [-0.05, 0) is 17.7 Å². The summed E-state index contributed by atoms with van der Waals surface area (Å²) in [6.07, 6.45) is 3.33. The molecular weight excluding hydrogens is 240 g/mol. The van der Waals surface area contributed by atoms with Crippen LogP contribution in [0.2, 0.25) is 0 Å². The first-order valence-corrected chi connectivity index (χ1v) is 6.08. The Balaban J connectivity index is 2.18. The fraction of sp³-hybridized carbons (Fsp3) is 0.286. The number of benzene rings is 1. The number of hydrogen-bond donors (Lipinski definition) is 1. The molecule has 1 aromatic heterocycles. The maximum atomic E-state index is 5.68. The van der Waals surface area contributed by atoms with Crippen molar-refractivity contribution in [3.8, 4) is 5.75 Å². The second-order valence-corrected chi connectivity index (χ2v) is 4.24. The largest absolute Gasteiger partial charge is 0.497 e. The van der Waals surface area contributed by atoms with Gasteiger partial charge in [-0.3, -0.25) is 4.98 Å². The fourth-order valence-electron chi connectivity index (χ4n) is 1.94. The highest BCUT2D eigenvalue weighted by atomic mass is 16.5. The van der Waals surface area contributed by atoms with Crippen LogP contribution in [0.5, 0.6) is 5.75 Å². The molecule has 0 aliphatic heterocycles. The monoisotopic (exact) mass is 258 g/mol. The number of nitrogens with two attached hydrogens (primary N) is 1. The Morgan fingerprint density at radius 1 is 1.26 bits per heavy atom. The molecule has 0 saturated heterocycles. The van der Waals surface area contributed by atoms with E-state index in [1.165, 1.54) is 0 Å². The molecule has 19 heavy (non-hydrogen) atoms. The van der Waals surface area contributed by atoms with Gasteiger partial charge in [0, 0.05) is 32.5 Å². The van der Waals surface area contributed by atoms with E-state index >= 15 is 0 Å². The van der Waals surface area contributed by atoms with Crippen LogP contribution in [-0.2, 0) is 13.1 Å². The molecule has 1 heterocycles. The summed E-state index contributed by atoms with van der Waals surface area (Å²) in [7, 11) is 3.64. The fourth-order valence-corrected chi connectivity index (χ4v) is 1.94. The molecule has 0 atom stereocenters. The summed E-state index contributed by atoms with van der Waals surface area (Å²) < 4.78 is 5.22. The number of methoxy groups -OCH3 is 1. The molecule has 0 amide bonds. The lowest BCUT2D eigenvalue weighted by Gasteiger charge is -2.20. The zero-order chi connectivity index (χ0) is 13.7. The van der Waals surface area contributed by atoms with Crippen molar-refractivity contribution in [2.45, 2.75) is 13.1 Å². The predicted octanol–water partition coefficient (Wildman–Crippen LogP) is 1.58. The van der Waals surface area contributed by atoms with E-state index in [4.69, 9.17) is 10.5 Å². The maximum absolute atomic E-state index is 5.68. The van der Waals surface area contributed by atoms with Crippen molar-refractivity contribution in [1.82, 2.24) is 9.97 Å². The van der Waals surface area contributed by atoms with E-state index in [9.17, 15) is 0 Å². The van der Waals surface area contributed by atoms with Gasteiger partial charge in [0.1, 0.15) is 5.75 Å². The minimum atomic E-state index is 0.381. The first-order valence-electron chi connectivity index (χ1n) is 6.08. The van der Waals surface area contributed by atoms with E-state index < -0.39 is 0 Å². The minimum Gasteiger partial charge on any atom is -0.497 e. The van der Waals surface area contributed by atoms with Crippen LogP contribution in [0.25, 0.3) is 0 Å². The van der Waals surface area contributed by atoms with Crippen molar-refractivity contribution in [2.24, 2.45) is 5.73 Å². The number of hydrogen-bond acceptors (Lipinski definition) is 5. The smallest absolute Gasteiger partial charge is 0.151 e. The molecule has 2 rings (SSSR count). The second kappa shape index (κ2) is 6.15. The molecule has 0 radical (unpaired) electrons. The van der Waals surface area contributed by atoms with Gasteiger partial charge in [-0.1, -0.05) is 12.1 Å². The molecule has 0 bridgehead atoms. The Hall–Kier alpha value is -2.14. The van der Waals surface area contributed by atoms with Crippen LogP contribution in [0.15, 0.2) is 36.7 Å².